The zero-order chi connectivity index (χ0) is 13.6. The third kappa shape index (κ3) is 2.33. The van der Waals surface area contributed by atoms with Crippen LogP contribution < -0.4 is 14.8 Å². The first-order chi connectivity index (χ1) is 9.76. The Bertz CT molecular complexity index is 521. The van der Waals surface area contributed by atoms with Gasteiger partial charge in [0.25, 0.3) is 0 Å². The van der Waals surface area contributed by atoms with Gasteiger partial charge in [-0.25, -0.2) is 0 Å². The molecule has 0 amide bonds. The summed E-state index contributed by atoms with van der Waals surface area (Å²) < 4.78 is 13.1. The molecule has 108 valence electrons. The highest BCUT2D eigenvalue weighted by Crippen LogP contribution is 2.51. The van der Waals surface area contributed by atoms with Crippen molar-refractivity contribution in [3.8, 4) is 11.5 Å². The molecule has 2 heterocycles. The molecule has 1 saturated heterocycles. The fourth-order valence-corrected chi connectivity index (χ4v) is 3.76. The second kappa shape index (κ2) is 4.92. The Hall–Kier alpha value is -0.740. The summed E-state index contributed by atoms with van der Waals surface area (Å²) in [5.74, 6) is 2.46. The van der Waals surface area contributed by atoms with E-state index < -0.39 is 0 Å². The molecule has 1 spiro atoms. The summed E-state index contributed by atoms with van der Waals surface area (Å²) in [5.41, 5.74) is 1.68. The van der Waals surface area contributed by atoms with Crippen LogP contribution in [0.25, 0.3) is 0 Å². The molecule has 0 aromatic heterocycles. The van der Waals surface area contributed by atoms with E-state index in [1.807, 2.05) is 0 Å². The van der Waals surface area contributed by atoms with Crippen LogP contribution in [0.5, 0.6) is 11.5 Å². The molecule has 1 aliphatic carbocycles. The van der Waals surface area contributed by atoms with Gasteiger partial charge in [-0.05, 0) is 78.3 Å². The Morgan fingerprint density at radius 1 is 1.10 bits per heavy atom. The number of halogens is 1. The molecule has 2 aliphatic heterocycles. The Balaban J connectivity index is 1.64. The lowest BCUT2D eigenvalue weighted by atomic mass is 9.90. The standard InChI is InChI=1S/C16H20BrNO2/c17-13-7-12(11-1-5-18-6-2-11)8-14-15(13)20-10-16(3-4-16)9-19-14/h7-8,11,18H,1-6,9-10H2. The van der Waals surface area contributed by atoms with Gasteiger partial charge in [-0.3, -0.25) is 0 Å². The van der Waals surface area contributed by atoms with Crippen LogP contribution in [-0.2, 0) is 0 Å². The third-order valence-electron chi connectivity index (χ3n) is 4.86. The van der Waals surface area contributed by atoms with Crippen molar-refractivity contribution in [1.29, 1.82) is 0 Å². The van der Waals surface area contributed by atoms with E-state index in [0.717, 1.165) is 42.3 Å². The molecule has 1 N–H and O–H groups in total. The molecule has 4 heteroatoms. The maximum atomic E-state index is 6.07. The first-order valence-corrected chi connectivity index (χ1v) is 8.35. The van der Waals surface area contributed by atoms with Gasteiger partial charge >= 0.3 is 0 Å². The van der Waals surface area contributed by atoms with Crippen LogP contribution in [0.2, 0.25) is 0 Å². The van der Waals surface area contributed by atoms with E-state index in [-0.39, 0.29) is 0 Å². The first-order valence-electron chi connectivity index (χ1n) is 7.56. The summed E-state index contributed by atoms with van der Waals surface area (Å²) >= 11 is 3.67. The molecule has 2 fully saturated rings. The zero-order valence-corrected chi connectivity index (χ0v) is 13.2. The average molecular weight is 338 g/mol. The fraction of sp³-hybridized carbons (Fsp3) is 0.625. The molecule has 1 saturated carbocycles. The van der Waals surface area contributed by atoms with Crippen LogP contribution in [0.1, 0.15) is 37.2 Å². The van der Waals surface area contributed by atoms with Gasteiger partial charge in [0, 0.05) is 5.41 Å². The van der Waals surface area contributed by atoms with Gasteiger partial charge in [-0.2, -0.15) is 0 Å². The van der Waals surface area contributed by atoms with Gasteiger partial charge in [0.2, 0.25) is 0 Å². The van der Waals surface area contributed by atoms with E-state index in [9.17, 15) is 0 Å². The van der Waals surface area contributed by atoms with Crippen molar-refractivity contribution >= 4 is 15.9 Å². The fourth-order valence-electron chi connectivity index (χ4n) is 3.19. The largest absolute Gasteiger partial charge is 0.489 e. The zero-order valence-electron chi connectivity index (χ0n) is 11.6. The molecule has 20 heavy (non-hydrogen) atoms. The van der Waals surface area contributed by atoms with E-state index in [0.29, 0.717) is 11.3 Å². The van der Waals surface area contributed by atoms with Crippen LogP contribution >= 0.6 is 15.9 Å². The van der Waals surface area contributed by atoms with Gasteiger partial charge in [-0.15, -0.1) is 0 Å². The monoisotopic (exact) mass is 337 g/mol. The number of nitrogens with one attached hydrogen (secondary N) is 1. The average Bonchev–Trinajstić information content (AvgIpc) is 3.27. The number of piperidine rings is 1. The van der Waals surface area contributed by atoms with Gasteiger partial charge in [0.15, 0.2) is 11.5 Å². The van der Waals surface area contributed by atoms with Crippen LogP contribution in [0.4, 0.5) is 0 Å². The van der Waals surface area contributed by atoms with Crippen molar-refractivity contribution in [1.82, 2.24) is 5.32 Å². The lowest BCUT2D eigenvalue weighted by molar-refractivity contribution is 0.196. The van der Waals surface area contributed by atoms with Crippen LogP contribution in [-0.4, -0.2) is 26.3 Å². The minimum atomic E-state index is 0.299. The smallest absolute Gasteiger partial charge is 0.175 e. The molecular formula is C16H20BrNO2. The topological polar surface area (TPSA) is 30.5 Å². The van der Waals surface area contributed by atoms with E-state index in [1.54, 1.807) is 0 Å². The quantitative estimate of drug-likeness (QED) is 0.851. The van der Waals surface area contributed by atoms with Gasteiger partial charge in [0.05, 0.1) is 17.7 Å². The molecule has 0 radical (unpaired) electrons. The highest BCUT2D eigenvalue weighted by Gasteiger charge is 2.46. The highest BCUT2D eigenvalue weighted by molar-refractivity contribution is 9.10. The SMILES string of the molecule is Brc1cc(C2CCNCC2)cc2c1OCC1(CC1)CO2. The predicted octanol–water partition coefficient (Wildman–Crippen LogP) is 3.47. The summed E-state index contributed by atoms with van der Waals surface area (Å²) in [6, 6.07) is 4.43. The summed E-state index contributed by atoms with van der Waals surface area (Å²) in [7, 11) is 0. The van der Waals surface area contributed by atoms with Gasteiger partial charge in [0.1, 0.15) is 0 Å². The Labute approximate surface area is 128 Å². The molecule has 0 unspecified atom stereocenters. The summed E-state index contributed by atoms with van der Waals surface area (Å²) in [5, 5.41) is 3.42. The second-order valence-electron chi connectivity index (χ2n) is 6.43. The number of hydrogen-bond acceptors (Lipinski definition) is 3. The molecule has 1 aromatic rings. The normalized spacial score (nSPS) is 24.4. The minimum absolute atomic E-state index is 0.299. The van der Waals surface area contributed by atoms with Crippen LogP contribution in [0.3, 0.4) is 0 Å². The molecule has 0 bridgehead atoms. The second-order valence-corrected chi connectivity index (χ2v) is 7.29. The molecular weight excluding hydrogens is 318 g/mol. The van der Waals surface area contributed by atoms with Gasteiger partial charge in [-0.1, -0.05) is 0 Å². The van der Waals surface area contributed by atoms with Crippen molar-refractivity contribution in [2.45, 2.75) is 31.6 Å². The summed E-state index contributed by atoms with van der Waals surface area (Å²) in [6.07, 6.45) is 4.88. The molecule has 3 nitrogen and oxygen atoms in total. The van der Waals surface area contributed by atoms with Crippen molar-refractivity contribution in [3.05, 3.63) is 22.2 Å². The Morgan fingerprint density at radius 2 is 1.85 bits per heavy atom. The number of hydrogen-bond donors (Lipinski definition) is 1. The minimum Gasteiger partial charge on any atom is -0.489 e. The van der Waals surface area contributed by atoms with E-state index in [2.05, 4.69) is 33.4 Å². The third-order valence-corrected chi connectivity index (χ3v) is 5.45. The lowest BCUT2D eigenvalue weighted by Gasteiger charge is -2.24. The number of benzene rings is 1. The number of ether oxygens (including phenoxy) is 2. The molecule has 3 aliphatic rings. The summed E-state index contributed by atoms with van der Waals surface area (Å²) in [6.45, 7) is 3.83. The predicted molar refractivity (Wildman–Crippen MR) is 81.6 cm³/mol. The highest BCUT2D eigenvalue weighted by atomic mass is 79.9. The van der Waals surface area contributed by atoms with Crippen LogP contribution in [0.15, 0.2) is 16.6 Å². The van der Waals surface area contributed by atoms with E-state index >= 15 is 0 Å². The van der Waals surface area contributed by atoms with Crippen LogP contribution in [0, 0.1) is 5.41 Å². The Morgan fingerprint density at radius 3 is 2.60 bits per heavy atom. The van der Waals surface area contributed by atoms with Crippen molar-refractivity contribution in [2.75, 3.05) is 26.3 Å². The Kier molecular flexibility index (Phi) is 3.19. The van der Waals surface area contributed by atoms with E-state index in [1.165, 1.54) is 31.2 Å². The molecule has 1 aromatic carbocycles. The number of fused-ring (bicyclic) bond motifs is 1. The van der Waals surface area contributed by atoms with Crippen molar-refractivity contribution in [2.24, 2.45) is 5.41 Å². The van der Waals surface area contributed by atoms with Crippen molar-refractivity contribution < 1.29 is 9.47 Å². The lowest BCUT2D eigenvalue weighted by Crippen LogP contribution is -2.26. The van der Waals surface area contributed by atoms with Crippen molar-refractivity contribution in [3.63, 3.8) is 0 Å². The molecule has 4 rings (SSSR count). The first kappa shape index (κ1) is 13.0. The maximum absolute atomic E-state index is 6.07. The number of rotatable bonds is 1. The molecule has 0 atom stereocenters. The maximum Gasteiger partial charge on any atom is 0.175 e. The summed E-state index contributed by atoms with van der Waals surface area (Å²) in [4.78, 5) is 0. The van der Waals surface area contributed by atoms with Gasteiger partial charge < -0.3 is 14.8 Å². The van der Waals surface area contributed by atoms with E-state index in [4.69, 9.17) is 9.47 Å².